The summed E-state index contributed by atoms with van der Waals surface area (Å²) >= 11 is 0. The van der Waals surface area contributed by atoms with Crippen LogP contribution in [0.25, 0.3) is 0 Å². The van der Waals surface area contributed by atoms with Crippen LogP contribution in [0.1, 0.15) is 42.4 Å². The highest BCUT2D eigenvalue weighted by Crippen LogP contribution is 2.36. The lowest BCUT2D eigenvalue weighted by molar-refractivity contribution is -0.138. The molecule has 1 saturated carbocycles. The fourth-order valence-electron chi connectivity index (χ4n) is 3.48. The van der Waals surface area contributed by atoms with E-state index >= 15 is 0 Å². The molecular weight excluding hydrogens is 251 g/mol. The molecule has 1 aliphatic carbocycles. The van der Waals surface area contributed by atoms with Gasteiger partial charge in [0.15, 0.2) is 0 Å². The Morgan fingerprint density at radius 2 is 1.84 bits per heavy atom. The predicted octanol–water partition coefficient (Wildman–Crippen LogP) is 4.01. The molecule has 0 radical (unpaired) electrons. The Morgan fingerprint density at radius 3 is 2.53 bits per heavy atom. The van der Waals surface area contributed by atoms with Gasteiger partial charge in [0, 0.05) is 19.1 Å². The van der Waals surface area contributed by atoms with E-state index < -0.39 is 11.7 Å². The van der Waals surface area contributed by atoms with Gasteiger partial charge in [-0.1, -0.05) is 25.0 Å². The third-order valence-electron chi connectivity index (χ3n) is 4.44. The molecule has 1 nitrogen and oxygen atoms in total. The molecule has 1 aliphatic heterocycles. The zero-order valence-corrected chi connectivity index (χ0v) is 10.8. The number of alkyl halides is 3. The van der Waals surface area contributed by atoms with Gasteiger partial charge in [-0.05, 0) is 36.5 Å². The maximum atomic E-state index is 13.0. The van der Waals surface area contributed by atoms with Crippen LogP contribution >= 0.6 is 0 Å². The first-order valence-electron chi connectivity index (χ1n) is 6.98. The van der Waals surface area contributed by atoms with E-state index in [-0.39, 0.29) is 0 Å². The summed E-state index contributed by atoms with van der Waals surface area (Å²) in [6, 6.07) is 5.19. The van der Waals surface area contributed by atoms with Crippen LogP contribution in [-0.4, -0.2) is 17.5 Å². The minimum absolute atomic E-state index is 0.434. The van der Waals surface area contributed by atoms with Gasteiger partial charge in [0.2, 0.25) is 0 Å². The summed E-state index contributed by atoms with van der Waals surface area (Å²) in [5.41, 5.74) is 0.952. The first kappa shape index (κ1) is 13.0. The van der Waals surface area contributed by atoms with Crippen LogP contribution in [0.4, 0.5) is 13.2 Å². The van der Waals surface area contributed by atoms with E-state index in [9.17, 15) is 13.2 Å². The summed E-state index contributed by atoms with van der Waals surface area (Å²) in [6.45, 7) is 1.45. The molecule has 1 aromatic rings. The quantitative estimate of drug-likeness (QED) is 0.744. The van der Waals surface area contributed by atoms with Crippen LogP contribution in [0.15, 0.2) is 18.2 Å². The highest BCUT2D eigenvalue weighted by molar-refractivity contribution is 5.38. The molecule has 0 spiro atoms. The normalized spacial score (nSPS) is 21.6. The van der Waals surface area contributed by atoms with Crippen molar-refractivity contribution >= 4 is 0 Å². The zero-order chi connectivity index (χ0) is 13.5. The Kier molecular flexibility index (Phi) is 3.29. The molecule has 0 amide bonds. The Hall–Kier alpha value is -1.03. The van der Waals surface area contributed by atoms with Crippen molar-refractivity contribution in [3.8, 4) is 0 Å². The van der Waals surface area contributed by atoms with Gasteiger partial charge in [-0.3, -0.25) is 4.90 Å². The molecular formula is C15H18F3N. The maximum absolute atomic E-state index is 13.0. The van der Waals surface area contributed by atoms with Crippen LogP contribution in [0.5, 0.6) is 0 Å². The van der Waals surface area contributed by atoms with Crippen molar-refractivity contribution in [3.63, 3.8) is 0 Å². The van der Waals surface area contributed by atoms with Gasteiger partial charge in [-0.25, -0.2) is 0 Å². The van der Waals surface area contributed by atoms with E-state index in [1.165, 1.54) is 31.7 Å². The van der Waals surface area contributed by atoms with Gasteiger partial charge in [-0.2, -0.15) is 13.2 Å². The van der Waals surface area contributed by atoms with Crippen molar-refractivity contribution in [2.75, 3.05) is 6.54 Å². The summed E-state index contributed by atoms with van der Waals surface area (Å²) < 4.78 is 38.9. The average molecular weight is 269 g/mol. The number of benzene rings is 1. The van der Waals surface area contributed by atoms with Crippen molar-refractivity contribution in [1.82, 2.24) is 4.90 Å². The largest absolute Gasteiger partial charge is 0.416 e. The first-order chi connectivity index (χ1) is 9.05. The van der Waals surface area contributed by atoms with Crippen LogP contribution < -0.4 is 0 Å². The third-order valence-corrected chi connectivity index (χ3v) is 4.44. The van der Waals surface area contributed by atoms with Crippen LogP contribution in [-0.2, 0) is 19.1 Å². The number of fused-ring (bicyclic) bond motifs is 1. The number of hydrogen-bond donors (Lipinski definition) is 0. The van der Waals surface area contributed by atoms with E-state index in [1.807, 2.05) is 6.07 Å². The predicted molar refractivity (Wildman–Crippen MR) is 67.8 cm³/mol. The second-order valence-corrected chi connectivity index (χ2v) is 5.60. The minimum atomic E-state index is -4.22. The maximum Gasteiger partial charge on any atom is 0.416 e. The lowest BCUT2D eigenvalue weighted by Crippen LogP contribution is -2.38. The SMILES string of the molecule is FC(F)(F)c1cccc2c1CCN(C1CCCC1)C2. The number of halogens is 3. The third kappa shape index (κ3) is 2.50. The highest BCUT2D eigenvalue weighted by Gasteiger charge is 2.36. The summed E-state index contributed by atoms with van der Waals surface area (Å²) in [5, 5.41) is 0. The molecule has 0 N–H and O–H groups in total. The van der Waals surface area contributed by atoms with Crippen molar-refractivity contribution in [3.05, 3.63) is 34.9 Å². The molecule has 2 aliphatic rings. The summed E-state index contributed by atoms with van der Waals surface area (Å²) in [5.74, 6) is 0. The zero-order valence-electron chi connectivity index (χ0n) is 10.8. The Bertz CT molecular complexity index is 461. The molecule has 1 aromatic carbocycles. The van der Waals surface area contributed by atoms with Crippen molar-refractivity contribution in [1.29, 1.82) is 0 Å². The standard InChI is InChI=1S/C15H18F3N/c16-15(17,18)14-7-3-4-11-10-19(9-8-13(11)14)12-5-1-2-6-12/h3-4,7,12H,1-2,5-6,8-10H2. The van der Waals surface area contributed by atoms with Gasteiger partial charge in [0.1, 0.15) is 0 Å². The molecule has 4 heteroatoms. The highest BCUT2D eigenvalue weighted by atomic mass is 19.4. The fourth-order valence-corrected chi connectivity index (χ4v) is 3.48. The molecule has 19 heavy (non-hydrogen) atoms. The molecule has 1 heterocycles. The molecule has 0 unspecified atom stereocenters. The Morgan fingerprint density at radius 1 is 1.11 bits per heavy atom. The second kappa shape index (κ2) is 4.82. The fraction of sp³-hybridized carbons (Fsp3) is 0.600. The lowest BCUT2D eigenvalue weighted by atomic mass is 9.93. The van der Waals surface area contributed by atoms with Crippen molar-refractivity contribution in [2.45, 2.75) is 50.9 Å². The molecule has 0 aromatic heterocycles. The topological polar surface area (TPSA) is 3.24 Å². The number of rotatable bonds is 1. The van der Waals surface area contributed by atoms with Crippen molar-refractivity contribution in [2.24, 2.45) is 0 Å². The van der Waals surface area contributed by atoms with E-state index in [0.29, 0.717) is 24.6 Å². The summed E-state index contributed by atoms with van der Waals surface area (Å²) in [4.78, 5) is 2.37. The first-order valence-corrected chi connectivity index (χ1v) is 6.98. The lowest BCUT2D eigenvalue weighted by Gasteiger charge is -2.34. The average Bonchev–Trinajstić information content (AvgIpc) is 2.90. The van der Waals surface area contributed by atoms with Crippen molar-refractivity contribution < 1.29 is 13.2 Å². The number of nitrogens with zero attached hydrogens (tertiary/aromatic N) is 1. The Balaban J connectivity index is 1.86. The van der Waals surface area contributed by atoms with E-state index in [0.717, 1.165) is 12.1 Å². The van der Waals surface area contributed by atoms with Crippen LogP contribution in [0, 0.1) is 0 Å². The van der Waals surface area contributed by atoms with E-state index in [1.54, 1.807) is 6.07 Å². The molecule has 0 atom stereocenters. The van der Waals surface area contributed by atoms with Gasteiger partial charge in [-0.15, -0.1) is 0 Å². The Labute approximate surface area is 111 Å². The number of hydrogen-bond acceptors (Lipinski definition) is 1. The van der Waals surface area contributed by atoms with Gasteiger partial charge >= 0.3 is 6.18 Å². The van der Waals surface area contributed by atoms with Crippen LogP contribution in [0.3, 0.4) is 0 Å². The molecule has 0 bridgehead atoms. The van der Waals surface area contributed by atoms with E-state index in [2.05, 4.69) is 4.90 Å². The van der Waals surface area contributed by atoms with E-state index in [4.69, 9.17) is 0 Å². The molecule has 104 valence electrons. The molecule has 1 fully saturated rings. The van der Waals surface area contributed by atoms with Gasteiger partial charge in [0.05, 0.1) is 5.56 Å². The van der Waals surface area contributed by atoms with Gasteiger partial charge < -0.3 is 0 Å². The summed E-state index contributed by atoms with van der Waals surface area (Å²) in [6.07, 6.45) is 1.23. The molecule has 3 rings (SSSR count). The summed E-state index contributed by atoms with van der Waals surface area (Å²) in [7, 11) is 0. The second-order valence-electron chi connectivity index (χ2n) is 5.60. The smallest absolute Gasteiger partial charge is 0.296 e. The monoisotopic (exact) mass is 269 g/mol. The van der Waals surface area contributed by atoms with Gasteiger partial charge in [0.25, 0.3) is 0 Å². The molecule has 0 saturated heterocycles. The minimum Gasteiger partial charge on any atom is -0.296 e. The van der Waals surface area contributed by atoms with Crippen LogP contribution in [0.2, 0.25) is 0 Å².